The minimum atomic E-state index is -0.429. The maximum atomic E-state index is 5.10. The SMILES string of the molecule is c1ccc(-c2nc(-c3ccc4ccccc4c3)nc(-c3ccc4c(c3)sc3cc(C5(c6ccccc6)c6ccccc6-c6ccccc65)ccc34)n2)cc1. The summed E-state index contributed by atoms with van der Waals surface area (Å²) >= 11 is 1.83. The Morgan fingerprint density at radius 3 is 1.57 bits per heavy atom. The van der Waals surface area contributed by atoms with Gasteiger partial charge in [-0.2, -0.15) is 0 Å². The molecule has 0 fully saturated rings. The summed E-state index contributed by atoms with van der Waals surface area (Å²) in [5.74, 6) is 1.98. The summed E-state index contributed by atoms with van der Waals surface area (Å²) in [6.07, 6.45) is 0. The maximum absolute atomic E-state index is 5.10. The summed E-state index contributed by atoms with van der Waals surface area (Å²) in [6.45, 7) is 0. The van der Waals surface area contributed by atoms with Crippen LogP contribution in [-0.4, -0.2) is 15.0 Å². The van der Waals surface area contributed by atoms with Gasteiger partial charge < -0.3 is 0 Å². The van der Waals surface area contributed by atoms with Gasteiger partial charge in [0.05, 0.1) is 5.41 Å². The molecule has 0 unspecified atom stereocenters. The molecular weight excluding hydrogens is 675 g/mol. The highest BCUT2D eigenvalue weighted by atomic mass is 32.1. The van der Waals surface area contributed by atoms with Crippen LogP contribution in [0, 0.1) is 0 Å². The molecule has 10 aromatic rings. The lowest BCUT2D eigenvalue weighted by Gasteiger charge is -2.33. The Labute approximate surface area is 316 Å². The monoisotopic (exact) mass is 705 g/mol. The van der Waals surface area contributed by atoms with E-state index >= 15 is 0 Å². The van der Waals surface area contributed by atoms with Gasteiger partial charge in [0.15, 0.2) is 17.5 Å². The topological polar surface area (TPSA) is 38.7 Å². The third-order valence-electron chi connectivity index (χ3n) is 11.0. The van der Waals surface area contributed by atoms with Crippen LogP contribution in [0.2, 0.25) is 0 Å². The van der Waals surface area contributed by atoms with Crippen LogP contribution in [0.15, 0.2) is 188 Å². The summed E-state index contributed by atoms with van der Waals surface area (Å²) in [5.41, 5.74) is 10.3. The number of thiophene rings is 1. The first-order valence-corrected chi connectivity index (χ1v) is 19.1. The summed E-state index contributed by atoms with van der Waals surface area (Å²) in [6, 6.07) is 67.6. The van der Waals surface area contributed by atoms with Gasteiger partial charge in [0.2, 0.25) is 0 Å². The van der Waals surface area contributed by atoms with Crippen molar-refractivity contribution in [2.75, 3.05) is 0 Å². The zero-order valence-corrected chi connectivity index (χ0v) is 30.0. The van der Waals surface area contributed by atoms with E-state index in [9.17, 15) is 0 Å². The Hall–Kier alpha value is -6.75. The zero-order chi connectivity index (χ0) is 35.6. The quantitative estimate of drug-likeness (QED) is 0.179. The van der Waals surface area contributed by atoms with E-state index < -0.39 is 5.41 Å². The number of nitrogens with zero attached hydrogens (tertiary/aromatic N) is 3. The molecule has 0 aliphatic heterocycles. The number of hydrogen-bond donors (Lipinski definition) is 0. The van der Waals surface area contributed by atoms with Gasteiger partial charge in [0.25, 0.3) is 0 Å². The van der Waals surface area contributed by atoms with Crippen molar-refractivity contribution in [3.8, 4) is 45.3 Å². The highest BCUT2D eigenvalue weighted by molar-refractivity contribution is 7.25. The third-order valence-corrected chi connectivity index (χ3v) is 12.1. The van der Waals surface area contributed by atoms with Crippen LogP contribution >= 0.6 is 11.3 Å². The molecule has 2 heterocycles. The van der Waals surface area contributed by atoms with Crippen LogP contribution in [0.4, 0.5) is 0 Å². The van der Waals surface area contributed by atoms with Crippen LogP contribution < -0.4 is 0 Å². The van der Waals surface area contributed by atoms with Crippen LogP contribution in [0.3, 0.4) is 0 Å². The third kappa shape index (κ3) is 4.70. The first-order valence-electron chi connectivity index (χ1n) is 18.3. The Morgan fingerprint density at radius 1 is 0.352 bits per heavy atom. The summed E-state index contributed by atoms with van der Waals surface area (Å²) < 4.78 is 2.46. The Kier molecular flexibility index (Phi) is 6.94. The molecule has 0 saturated heterocycles. The molecule has 1 aliphatic carbocycles. The van der Waals surface area contributed by atoms with Crippen molar-refractivity contribution in [1.82, 2.24) is 15.0 Å². The lowest BCUT2D eigenvalue weighted by molar-refractivity contribution is 0.770. The fraction of sp³-hybridized carbons (Fsp3) is 0.0200. The van der Waals surface area contributed by atoms with E-state index in [4.69, 9.17) is 15.0 Å². The van der Waals surface area contributed by atoms with E-state index in [0.29, 0.717) is 17.5 Å². The normalized spacial score (nSPS) is 13.0. The molecule has 8 aromatic carbocycles. The molecule has 4 heteroatoms. The maximum Gasteiger partial charge on any atom is 0.164 e. The summed E-state index contributed by atoms with van der Waals surface area (Å²) in [4.78, 5) is 15.2. The predicted molar refractivity (Wildman–Crippen MR) is 224 cm³/mol. The van der Waals surface area contributed by atoms with Crippen LogP contribution in [0.5, 0.6) is 0 Å². The molecule has 3 nitrogen and oxygen atoms in total. The van der Waals surface area contributed by atoms with Gasteiger partial charge in [0.1, 0.15) is 0 Å². The first-order chi connectivity index (χ1) is 26.7. The molecule has 54 heavy (non-hydrogen) atoms. The van der Waals surface area contributed by atoms with Crippen molar-refractivity contribution in [3.05, 3.63) is 210 Å². The van der Waals surface area contributed by atoms with E-state index in [1.54, 1.807) is 0 Å². The number of rotatable bonds is 5. The van der Waals surface area contributed by atoms with Gasteiger partial charge in [0, 0.05) is 36.9 Å². The van der Waals surface area contributed by atoms with Crippen LogP contribution in [-0.2, 0) is 5.41 Å². The van der Waals surface area contributed by atoms with Crippen LogP contribution in [0.1, 0.15) is 22.3 Å². The van der Waals surface area contributed by atoms with Gasteiger partial charge in [-0.1, -0.05) is 170 Å². The van der Waals surface area contributed by atoms with E-state index in [-0.39, 0.29) is 0 Å². The van der Waals surface area contributed by atoms with Crippen molar-refractivity contribution in [2.45, 2.75) is 5.41 Å². The Morgan fingerprint density at radius 2 is 0.870 bits per heavy atom. The van der Waals surface area contributed by atoms with Gasteiger partial charge in [-0.25, -0.2) is 15.0 Å². The van der Waals surface area contributed by atoms with Crippen molar-refractivity contribution in [1.29, 1.82) is 0 Å². The highest BCUT2D eigenvalue weighted by Crippen LogP contribution is 2.56. The minimum Gasteiger partial charge on any atom is -0.208 e. The molecule has 0 spiro atoms. The second kappa shape index (κ2) is 12.2. The van der Waals surface area contributed by atoms with Gasteiger partial charge in [-0.3, -0.25) is 0 Å². The average Bonchev–Trinajstić information content (AvgIpc) is 3.77. The molecule has 2 aromatic heterocycles. The first kappa shape index (κ1) is 30.8. The van der Waals surface area contributed by atoms with E-state index in [0.717, 1.165) is 22.1 Å². The van der Waals surface area contributed by atoms with Crippen LogP contribution in [0.25, 0.3) is 76.2 Å². The molecule has 0 saturated carbocycles. The van der Waals surface area contributed by atoms with Crippen molar-refractivity contribution < 1.29 is 0 Å². The Balaban J connectivity index is 1.08. The molecule has 1 aliphatic rings. The number of hydrogen-bond acceptors (Lipinski definition) is 4. The van der Waals surface area contributed by atoms with Gasteiger partial charge in [-0.05, 0) is 62.4 Å². The second-order valence-corrected chi connectivity index (χ2v) is 15.0. The average molecular weight is 706 g/mol. The second-order valence-electron chi connectivity index (χ2n) is 14.0. The fourth-order valence-electron chi connectivity index (χ4n) is 8.54. The fourth-order valence-corrected chi connectivity index (χ4v) is 9.72. The molecule has 0 atom stereocenters. The summed E-state index contributed by atoms with van der Waals surface area (Å²) in [5, 5.41) is 4.83. The van der Waals surface area contributed by atoms with Crippen molar-refractivity contribution >= 4 is 42.3 Å². The van der Waals surface area contributed by atoms with E-state index in [1.165, 1.54) is 58.9 Å². The molecule has 0 radical (unpaired) electrons. The summed E-state index contributed by atoms with van der Waals surface area (Å²) in [7, 11) is 0. The molecule has 0 bridgehead atoms. The standard InChI is InChI=1S/C50H31N3S/c1-3-14-33(15-4-1)47-51-48(35-24-23-32-13-7-8-16-34(32)29-35)53-49(52-47)36-25-27-41-42-28-26-38(31-46(42)54-45(41)30-36)50(37-17-5-2-6-18-37)43-21-11-9-19-39(43)40-20-10-12-22-44(40)50/h1-31H. The van der Waals surface area contributed by atoms with E-state index in [1.807, 2.05) is 29.5 Å². The molecule has 0 amide bonds. The minimum absolute atomic E-state index is 0.429. The molecule has 252 valence electrons. The zero-order valence-electron chi connectivity index (χ0n) is 29.1. The van der Waals surface area contributed by atoms with Crippen molar-refractivity contribution in [3.63, 3.8) is 0 Å². The Bertz CT molecular complexity index is 3010. The molecular formula is C50H31N3S. The molecule has 11 rings (SSSR count). The van der Waals surface area contributed by atoms with Gasteiger partial charge in [-0.15, -0.1) is 11.3 Å². The highest BCUT2D eigenvalue weighted by Gasteiger charge is 2.45. The smallest absolute Gasteiger partial charge is 0.164 e. The largest absolute Gasteiger partial charge is 0.208 e. The lowest BCUT2D eigenvalue weighted by Crippen LogP contribution is -2.28. The predicted octanol–water partition coefficient (Wildman–Crippen LogP) is 12.8. The van der Waals surface area contributed by atoms with Crippen molar-refractivity contribution in [2.24, 2.45) is 0 Å². The number of benzene rings is 8. The van der Waals surface area contributed by atoms with E-state index in [2.05, 4.69) is 170 Å². The number of fused-ring (bicyclic) bond motifs is 7. The number of aromatic nitrogens is 3. The lowest BCUT2D eigenvalue weighted by atomic mass is 9.67. The molecule has 0 N–H and O–H groups in total. The van der Waals surface area contributed by atoms with Gasteiger partial charge >= 0.3 is 0 Å².